The summed E-state index contributed by atoms with van der Waals surface area (Å²) < 4.78 is 5.10. The minimum absolute atomic E-state index is 0.332. The topological polar surface area (TPSA) is 75.3 Å². The molecule has 2 aromatic rings. The zero-order valence-corrected chi connectivity index (χ0v) is 11.8. The van der Waals surface area contributed by atoms with Crippen LogP contribution in [0.25, 0.3) is 11.1 Å². The number of hydrogen-bond acceptors (Lipinski definition) is 4. The predicted molar refractivity (Wildman–Crippen MR) is 78.7 cm³/mol. The van der Waals surface area contributed by atoms with Gasteiger partial charge < -0.3 is 15.1 Å². The Hall–Kier alpha value is -1.59. The van der Waals surface area contributed by atoms with E-state index >= 15 is 0 Å². The summed E-state index contributed by atoms with van der Waals surface area (Å²) in [7, 11) is 2.14. The van der Waals surface area contributed by atoms with Crippen molar-refractivity contribution in [3.05, 3.63) is 34.3 Å². The third-order valence-corrected chi connectivity index (χ3v) is 4.10. The first-order chi connectivity index (χ1) is 9.65. The molecule has 1 heterocycles. The molecule has 3 N–H and O–H groups in total. The van der Waals surface area contributed by atoms with Crippen LogP contribution < -0.4 is 11.5 Å². The largest absolute Gasteiger partial charge is 0.417 e. The van der Waals surface area contributed by atoms with Gasteiger partial charge in [-0.15, -0.1) is 0 Å². The van der Waals surface area contributed by atoms with Crippen molar-refractivity contribution in [3.63, 3.8) is 0 Å². The molecule has 0 spiro atoms. The number of fused-ring (bicyclic) bond motifs is 1. The lowest BCUT2D eigenvalue weighted by molar-refractivity contribution is 0.236. The number of hydrogen-bond donors (Lipinski definition) is 2. The Morgan fingerprint density at radius 1 is 1.50 bits per heavy atom. The van der Waals surface area contributed by atoms with Crippen LogP contribution in [0.15, 0.2) is 27.4 Å². The van der Waals surface area contributed by atoms with Crippen LogP contribution in [0.3, 0.4) is 0 Å². The van der Waals surface area contributed by atoms with E-state index in [-0.39, 0.29) is 0 Å². The van der Waals surface area contributed by atoms with E-state index in [1.807, 2.05) is 18.2 Å². The molecule has 5 nitrogen and oxygen atoms in total. The lowest BCUT2D eigenvalue weighted by Crippen LogP contribution is -2.40. The molecule has 1 saturated carbocycles. The maximum atomic E-state index is 11.2. The van der Waals surface area contributed by atoms with Gasteiger partial charge >= 0.3 is 5.76 Å². The molecule has 1 aromatic carbocycles. The molecule has 1 aliphatic carbocycles. The minimum atomic E-state index is -0.404. The van der Waals surface area contributed by atoms with Gasteiger partial charge in [0.15, 0.2) is 5.58 Å². The Kier molecular flexibility index (Phi) is 3.63. The van der Waals surface area contributed by atoms with Gasteiger partial charge in [0.05, 0.1) is 5.52 Å². The summed E-state index contributed by atoms with van der Waals surface area (Å²) in [6.07, 6.45) is 3.58. The standard InChI is InChI=1S/C15H21N3O2/c1-18(9-10-2-3-10)12(8-16)6-11-4-5-13-14(7-11)20-15(19)17-13/h4-5,7,10,12H,2-3,6,8-9,16H2,1H3,(H,17,19). The van der Waals surface area contributed by atoms with Crippen molar-refractivity contribution in [2.24, 2.45) is 11.7 Å². The number of benzene rings is 1. The molecule has 1 fully saturated rings. The zero-order valence-electron chi connectivity index (χ0n) is 11.8. The molecule has 0 bridgehead atoms. The average molecular weight is 275 g/mol. The number of H-pyrrole nitrogens is 1. The number of oxazole rings is 1. The molecule has 1 aromatic heterocycles. The van der Waals surface area contributed by atoms with Crippen LogP contribution in [0.4, 0.5) is 0 Å². The third kappa shape index (κ3) is 2.94. The van der Waals surface area contributed by atoms with Gasteiger partial charge in [0.25, 0.3) is 0 Å². The Morgan fingerprint density at radius 3 is 3.00 bits per heavy atom. The van der Waals surface area contributed by atoms with E-state index in [4.69, 9.17) is 10.2 Å². The SMILES string of the molecule is CN(CC1CC1)C(CN)Cc1ccc2[nH]c(=O)oc2c1. The second-order valence-corrected chi connectivity index (χ2v) is 5.82. The van der Waals surface area contributed by atoms with Gasteiger partial charge in [0.1, 0.15) is 0 Å². The number of nitrogens with two attached hydrogens (primary N) is 1. The maximum Gasteiger partial charge on any atom is 0.417 e. The Bertz CT molecular complexity index is 642. The van der Waals surface area contributed by atoms with Gasteiger partial charge in [0.2, 0.25) is 0 Å². The van der Waals surface area contributed by atoms with Crippen LogP contribution in [0.1, 0.15) is 18.4 Å². The highest BCUT2D eigenvalue weighted by Gasteiger charge is 2.25. The van der Waals surface area contributed by atoms with E-state index in [2.05, 4.69) is 16.9 Å². The number of aromatic nitrogens is 1. The van der Waals surface area contributed by atoms with E-state index in [1.54, 1.807) is 0 Å². The summed E-state index contributed by atoms with van der Waals surface area (Å²) in [5, 5.41) is 0. The second-order valence-electron chi connectivity index (χ2n) is 5.82. The summed E-state index contributed by atoms with van der Waals surface area (Å²) in [6, 6.07) is 6.19. The van der Waals surface area contributed by atoms with E-state index < -0.39 is 5.76 Å². The Balaban J connectivity index is 1.73. The van der Waals surface area contributed by atoms with E-state index in [9.17, 15) is 4.79 Å². The molecule has 3 rings (SSSR count). The summed E-state index contributed by atoms with van der Waals surface area (Å²) in [4.78, 5) is 16.2. The first kappa shape index (κ1) is 13.4. The predicted octanol–water partition coefficient (Wildman–Crippen LogP) is 1.33. The van der Waals surface area contributed by atoms with Crippen LogP contribution in [0, 0.1) is 5.92 Å². The molecule has 0 radical (unpaired) electrons. The third-order valence-electron chi connectivity index (χ3n) is 4.10. The van der Waals surface area contributed by atoms with Gasteiger partial charge in [0, 0.05) is 19.1 Å². The maximum absolute atomic E-state index is 11.2. The molecule has 1 atom stereocenters. The molecule has 1 unspecified atom stereocenters. The van der Waals surface area contributed by atoms with Gasteiger partial charge in [-0.3, -0.25) is 4.98 Å². The fourth-order valence-corrected chi connectivity index (χ4v) is 2.66. The van der Waals surface area contributed by atoms with Crippen molar-refractivity contribution < 1.29 is 4.42 Å². The summed E-state index contributed by atoms with van der Waals surface area (Å²) in [5.74, 6) is 0.456. The van der Waals surface area contributed by atoms with Crippen LogP contribution in [0.2, 0.25) is 0 Å². The lowest BCUT2D eigenvalue weighted by atomic mass is 10.0. The Labute approximate surface area is 117 Å². The normalized spacial score (nSPS) is 16.9. The smallest absolute Gasteiger partial charge is 0.408 e. The highest BCUT2D eigenvalue weighted by atomic mass is 16.4. The number of rotatable bonds is 6. The second kappa shape index (κ2) is 5.42. The van der Waals surface area contributed by atoms with Crippen molar-refractivity contribution in [3.8, 4) is 0 Å². The average Bonchev–Trinajstić information content (AvgIpc) is 3.14. The summed E-state index contributed by atoms with van der Waals surface area (Å²) in [6.45, 7) is 1.77. The van der Waals surface area contributed by atoms with Crippen LogP contribution in [-0.4, -0.2) is 36.1 Å². The van der Waals surface area contributed by atoms with E-state index in [0.29, 0.717) is 18.2 Å². The molecule has 20 heavy (non-hydrogen) atoms. The van der Waals surface area contributed by atoms with Crippen molar-refractivity contribution in [1.82, 2.24) is 9.88 Å². The monoisotopic (exact) mass is 275 g/mol. The highest BCUT2D eigenvalue weighted by Crippen LogP contribution is 2.30. The molecule has 1 aliphatic rings. The molecule has 0 aliphatic heterocycles. The molecule has 108 valence electrons. The van der Waals surface area contributed by atoms with Crippen LogP contribution in [0.5, 0.6) is 0 Å². The number of nitrogens with one attached hydrogen (secondary N) is 1. The van der Waals surface area contributed by atoms with E-state index in [0.717, 1.165) is 30.0 Å². The van der Waals surface area contributed by atoms with Crippen LogP contribution >= 0.6 is 0 Å². The summed E-state index contributed by atoms with van der Waals surface area (Å²) in [5.41, 5.74) is 8.43. The fourth-order valence-electron chi connectivity index (χ4n) is 2.66. The highest BCUT2D eigenvalue weighted by molar-refractivity contribution is 5.72. The van der Waals surface area contributed by atoms with Crippen molar-refractivity contribution in [1.29, 1.82) is 0 Å². The first-order valence-electron chi connectivity index (χ1n) is 7.18. The number of aromatic amines is 1. The molecule has 0 amide bonds. The molecule has 0 saturated heterocycles. The van der Waals surface area contributed by atoms with Gasteiger partial charge in [-0.2, -0.15) is 0 Å². The zero-order chi connectivity index (χ0) is 14.1. The van der Waals surface area contributed by atoms with Crippen molar-refractivity contribution in [2.75, 3.05) is 20.1 Å². The Morgan fingerprint density at radius 2 is 2.30 bits per heavy atom. The summed E-state index contributed by atoms with van der Waals surface area (Å²) >= 11 is 0. The molecular weight excluding hydrogens is 254 g/mol. The van der Waals surface area contributed by atoms with Gasteiger partial charge in [-0.1, -0.05) is 6.07 Å². The number of likely N-dealkylation sites (N-methyl/N-ethyl adjacent to an activating group) is 1. The number of nitrogens with zero attached hydrogens (tertiary/aromatic N) is 1. The fraction of sp³-hybridized carbons (Fsp3) is 0.533. The van der Waals surface area contributed by atoms with Crippen molar-refractivity contribution in [2.45, 2.75) is 25.3 Å². The quantitative estimate of drug-likeness (QED) is 0.834. The van der Waals surface area contributed by atoms with Crippen LogP contribution in [-0.2, 0) is 6.42 Å². The molecular formula is C15H21N3O2. The van der Waals surface area contributed by atoms with Gasteiger partial charge in [-0.25, -0.2) is 4.79 Å². The lowest BCUT2D eigenvalue weighted by Gasteiger charge is -2.27. The van der Waals surface area contributed by atoms with Gasteiger partial charge in [-0.05, 0) is 49.9 Å². The minimum Gasteiger partial charge on any atom is -0.408 e. The first-order valence-corrected chi connectivity index (χ1v) is 7.18. The van der Waals surface area contributed by atoms with Crippen molar-refractivity contribution >= 4 is 11.1 Å². The molecule has 5 heteroatoms. The van der Waals surface area contributed by atoms with E-state index in [1.165, 1.54) is 12.8 Å².